The Morgan fingerprint density at radius 1 is 1.21 bits per heavy atom. The van der Waals surface area contributed by atoms with Gasteiger partial charge in [-0.3, -0.25) is 0 Å². The topological polar surface area (TPSA) is 46.2 Å². The summed E-state index contributed by atoms with van der Waals surface area (Å²) in [7, 11) is -3.28. The molecular formula is C13H19Cl2NO2S. The number of alkyl halides is 1. The van der Waals surface area contributed by atoms with Gasteiger partial charge in [-0.25, -0.2) is 13.1 Å². The lowest BCUT2D eigenvalue weighted by Crippen LogP contribution is -2.37. The molecule has 0 aliphatic carbocycles. The van der Waals surface area contributed by atoms with Crippen molar-refractivity contribution in [3.63, 3.8) is 0 Å². The Balaban J connectivity index is 2.55. The normalized spacial score (nSPS) is 15.2. The number of sulfonamides is 1. The van der Waals surface area contributed by atoms with Crippen LogP contribution in [0.4, 0.5) is 0 Å². The SMILES string of the molecule is CC(CCl)CS(=O)(=O)NC(C)Cc1ccc(Cl)cc1. The first-order valence-corrected chi connectivity index (χ1v) is 8.69. The zero-order chi connectivity index (χ0) is 14.5. The summed E-state index contributed by atoms with van der Waals surface area (Å²) in [5, 5.41) is 0.674. The number of rotatable bonds is 7. The van der Waals surface area contributed by atoms with Crippen molar-refractivity contribution in [2.24, 2.45) is 5.92 Å². The van der Waals surface area contributed by atoms with Crippen molar-refractivity contribution in [3.05, 3.63) is 34.9 Å². The second-order valence-corrected chi connectivity index (χ2v) is 7.43. The maximum Gasteiger partial charge on any atom is 0.212 e. The number of nitrogens with one attached hydrogen (secondary N) is 1. The summed E-state index contributed by atoms with van der Waals surface area (Å²) in [6.45, 7) is 3.66. The summed E-state index contributed by atoms with van der Waals surface area (Å²) >= 11 is 11.4. The van der Waals surface area contributed by atoms with E-state index in [1.807, 2.05) is 26.0 Å². The first-order valence-electron chi connectivity index (χ1n) is 6.13. The van der Waals surface area contributed by atoms with Crippen LogP contribution in [0.1, 0.15) is 19.4 Å². The fourth-order valence-corrected chi connectivity index (χ4v) is 3.81. The van der Waals surface area contributed by atoms with E-state index in [1.54, 1.807) is 12.1 Å². The Morgan fingerprint density at radius 2 is 1.79 bits per heavy atom. The van der Waals surface area contributed by atoms with Crippen molar-refractivity contribution >= 4 is 33.2 Å². The zero-order valence-corrected chi connectivity index (χ0v) is 13.4. The molecule has 3 nitrogen and oxygen atoms in total. The molecule has 1 aromatic carbocycles. The average molecular weight is 324 g/mol. The van der Waals surface area contributed by atoms with Gasteiger partial charge in [0.25, 0.3) is 0 Å². The molecule has 0 saturated carbocycles. The van der Waals surface area contributed by atoms with Gasteiger partial charge < -0.3 is 0 Å². The lowest BCUT2D eigenvalue weighted by molar-refractivity contribution is 0.549. The number of hydrogen-bond donors (Lipinski definition) is 1. The second-order valence-electron chi connectivity index (χ2n) is 4.89. The minimum Gasteiger partial charge on any atom is -0.212 e. The molecule has 0 saturated heterocycles. The van der Waals surface area contributed by atoms with Crippen LogP contribution in [0.3, 0.4) is 0 Å². The van der Waals surface area contributed by atoms with Gasteiger partial charge in [-0.1, -0.05) is 30.7 Å². The summed E-state index contributed by atoms with van der Waals surface area (Å²) in [5.74, 6) is 0.343. The molecule has 2 unspecified atom stereocenters. The van der Waals surface area contributed by atoms with Gasteiger partial charge in [-0.05, 0) is 37.0 Å². The van der Waals surface area contributed by atoms with Gasteiger partial charge in [-0.2, -0.15) is 0 Å². The molecule has 0 spiro atoms. The molecule has 19 heavy (non-hydrogen) atoms. The molecule has 0 aliphatic rings. The summed E-state index contributed by atoms with van der Waals surface area (Å²) in [6.07, 6.45) is 0.631. The molecule has 0 aliphatic heterocycles. The Hall–Kier alpha value is -0.290. The van der Waals surface area contributed by atoms with Crippen molar-refractivity contribution in [3.8, 4) is 0 Å². The van der Waals surface area contributed by atoms with E-state index >= 15 is 0 Å². The molecule has 108 valence electrons. The van der Waals surface area contributed by atoms with Crippen LogP contribution in [0.2, 0.25) is 5.02 Å². The van der Waals surface area contributed by atoms with E-state index in [4.69, 9.17) is 23.2 Å². The van der Waals surface area contributed by atoms with Gasteiger partial charge in [0, 0.05) is 16.9 Å². The maximum absolute atomic E-state index is 11.9. The van der Waals surface area contributed by atoms with Crippen molar-refractivity contribution in [2.45, 2.75) is 26.3 Å². The summed E-state index contributed by atoms with van der Waals surface area (Å²) in [4.78, 5) is 0. The van der Waals surface area contributed by atoms with Gasteiger partial charge in [0.15, 0.2) is 0 Å². The molecule has 1 aromatic rings. The fraction of sp³-hybridized carbons (Fsp3) is 0.538. The third kappa shape index (κ3) is 6.61. The van der Waals surface area contributed by atoms with Crippen LogP contribution in [0.5, 0.6) is 0 Å². The van der Waals surface area contributed by atoms with Crippen molar-refractivity contribution < 1.29 is 8.42 Å². The third-order valence-corrected chi connectivity index (χ3v) is 5.15. The summed E-state index contributed by atoms with van der Waals surface area (Å²) in [5.41, 5.74) is 1.05. The highest BCUT2D eigenvalue weighted by Crippen LogP contribution is 2.11. The van der Waals surface area contributed by atoms with Crippen LogP contribution in [0.15, 0.2) is 24.3 Å². The van der Waals surface area contributed by atoms with Crippen molar-refractivity contribution in [2.75, 3.05) is 11.6 Å². The summed E-state index contributed by atoms with van der Waals surface area (Å²) < 4.78 is 26.4. The first kappa shape index (κ1) is 16.8. The maximum atomic E-state index is 11.9. The first-order chi connectivity index (χ1) is 8.82. The molecule has 6 heteroatoms. The minimum atomic E-state index is -3.28. The predicted molar refractivity (Wildman–Crippen MR) is 81.4 cm³/mol. The molecule has 0 amide bonds. The van der Waals surface area contributed by atoms with Gasteiger partial charge in [0.2, 0.25) is 10.0 Å². The number of hydrogen-bond acceptors (Lipinski definition) is 2. The van der Waals surface area contributed by atoms with E-state index in [-0.39, 0.29) is 17.7 Å². The Bertz CT molecular complexity index is 488. The van der Waals surface area contributed by atoms with Crippen LogP contribution < -0.4 is 4.72 Å². The molecule has 2 atom stereocenters. The van der Waals surface area contributed by atoms with Crippen LogP contribution >= 0.6 is 23.2 Å². The van der Waals surface area contributed by atoms with E-state index in [0.29, 0.717) is 17.3 Å². The standard InChI is InChI=1S/C13H19Cl2NO2S/c1-10(8-14)9-19(17,18)16-11(2)7-12-3-5-13(15)6-4-12/h3-6,10-11,16H,7-9H2,1-2H3. The highest BCUT2D eigenvalue weighted by molar-refractivity contribution is 7.89. The average Bonchev–Trinajstić information content (AvgIpc) is 2.30. The molecule has 0 heterocycles. The molecule has 0 fully saturated rings. The Labute approximate surface area is 125 Å². The van der Waals surface area contributed by atoms with Crippen LogP contribution in [0, 0.1) is 5.92 Å². The largest absolute Gasteiger partial charge is 0.212 e. The fourth-order valence-electron chi connectivity index (χ4n) is 1.79. The van der Waals surface area contributed by atoms with Crippen LogP contribution in [-0.2, 0) is 16.4 Å². The lowest BCUT2D eigenvalue weighted by Gasteiger charge is -2.16. The molecule has 0 aromatic heterocycles. The zero-order valence-electron chi connectivity index (χ0n) is 11.1. The predicted octanol–water partition coefficient (Wildman–Crippen LogP) is 3.07. The van der Waals surface area contributed by atoms with Crippen molar-refractivity contribution in [1.82, 2.24) is 4.72 Å². The number of halogens is 2. The van der Waals surface area contributed by atoms with Crippen LogP contribution in [-0.4, -0.2) is 26.1 Å². The van der Waals surface area contributed by atoms with E-state index in [0.717, 1.165) is 5.56 Å². The van der Waals surface area contributed by atoms with Gasteiger partial charge in [-0.15, -0.1) is 11.6 Å². The van der Waals surface area contributed by atoms with Gasteiger partial charge in [0.1, 0.15) is 0 Å². The lowest BCUT2D eigenvalue weighted by atomic mass is 10.1. The number of benzene rings is 1. The van der Waals surface area contributed by atoms with E-state index < -0.39 is 10.0 Å². The highest BCUT2D eigenvalue weighted by atomic mass is 35.5. The quantitative estimate of drug-likeness (QED) is 0.784. The molecule has 0 bridgehead atoms. The smallest absolute Gasteiger partial charge is 0.212 e. The monoisotopic (exact) mass is 323 g/mol. The van der Waals surface area contributed by atoms with Gasteiger partial charge in [0.05, 0.1) is 5.75 Å². The van der Waals surface area contributed by atoms with E-state index in [1.165, 1.54) is 0 Å². The third-order valence-electron chi connectivity index (χ3n) is 2.60. The molecule has 0 radical (unpaired) electrons. The second kappa shape index (κ2) is 7.48. The highest BCUT2D eigenvalue weighted by Gasteiger charge is 2.17. The molecule has 1 rings (SSSR count). The Kier molecular flexibility index (Phi) is 6.60. The van der Waals surface area contributed by atoms with Gasteiger partial charge >= 0.3 is 0 Å². The summed E-state index contributed by atoms with van der Waals surface area (Å²) in [6, 6.07) is 7.23. The van der Waals surface area contributed by atoms with Crippen molar-refractivity contribution in [1.29, 1.82) is 0 Å². The van der Waals surface area contributed by atoms with E-state index in [2.05, 4.69) is 4.72 Å². The Morgan fingerprint density at radius 3 is 2.32 bits per heavy atom. The minimum absolute atomic E-state index is 0.0538. The molecule has 1 N–H and O–H groups in total. The molecular weight excluding hydrogens is 305 g/mol. The van der Waals surface area contributed by atoms with E-state index in [9.17, 15) is 8.42 Å². The van der Waals surface area contributed by atoms with Crippen LogP contribution in [0.25, 0.3) is 0 Å².